The molecule has 5 heteroatoms. The lowest BCUT2D eigenvalue weighted by atomic mass is 9.67. The molecule has 0 aromatic heterocycles. The molecule has 3 rings (SSSR count). The summed E-state index contributed by atoms with van der Waals surface area (Å²) >= 11 is 0. The van der Waals surface area contributed by atoms with Gasteiger partial charge in [0.15, 0.2) is 0 Å². The summed E-state index contributed by atoms with van der Waals surface area (Å²) in [5, 5.41) is 0. The topological polar surface area (TPSA) is 77.4 Å². The van der Waals surface area contributed by atoms with E-state index < -0.39 is 5.91 Å². The van der Waals surface area contributed by atoms with Crippen LogP contribution in [-0.4, -0.2) is 43.0 Å². The van der Waals surface area contributed by atoms with Crippen LogP contribution in [0.4, 0.5) is 0 Å². The molecule has 2 N–H and O–H groups in total. The SMILES string of the molecule is CO[C@@H]1/C(=C\C(N)=O)CC[C@]2(CO2)[C@H]1[C@@]1(C)O[C@@H]1CC=C(C)C. The fourth-order valence-electron chi connectivity index (χ4n) is 4.18. The summed E-state index contributed by atoms with van der Waals surface area (Å²) in [6, 6.07) is 0. The fraction of sp³-hybridized carbons (Fsp3) is 0.722. The standard InChI is InChI=1S/C18H27NO4/c1-11(2)5-6-13-17(3,23-13)16-15(21-4)12(9-14(19)20)7-8-18(16)10-22-18/h5,9,13,15-16H,6-8,10H2,1-4H3,(H2,19,20)/b12-9-/t13-,15-,16-,17+,18+/m1/s1. The number of hydrogen-bond donors (Lipinski definition) is 1. The Bertz CT molecular complexity index is 559. The van der Waals surface area contributed by atoms with Crippen LogP contribution in [0, 0.1) is 5.92 Å². The second kappa shape index (κ2) is 5.72. The van der Waals surface area contributed by atoms with Gasteiger partial charge in [-0.2, -0.15) is 0 Å². The van der Waals surface area contributed by atoms with Gasteiger partial charge in [0.25, 0.3) is 0 Å². The van der Waals surface area contributed by atoms with Gasteiger partial charge in [0, 0.05) is 13.2 Å². The third-order valence-corrected chi connectivity index (χ3v) is 5.50. The largest absolute Gasteiger partial charge is 0.377 e. The number of epoxide rings is 2. The molecule has 2 saturated heterocycles. The monoisotopic (exact) mass is 321 g/mol. The van der Waals surface area contributed by atoms with E-state index in [0.29, 0.717) is 0 Å². The zero-order chi connectivity index (χ0) is 16.8. The van der Waals surface area contributed by atoms with E-state index in [-0.39, 0.29) is 29.3 Å². The summed E-state index contributed by atoms with van der Waals surface area (Å²) < 4.78 is 17.7. The first kappa shape index (κ1) is 16.7. The molecule has 5 atom stereocenters. The molecular weight excluding hydrogens is 294 g/mol. The quantitative estimate of drug-likeness (QED) is 0.478. The molecule has 1 saturated carbocycles. The molecule has 23 heavy (non-hydrogen) atoms. The number of amides is 1. The Labute approximate surface area is 137 Å². The number of ether oxygens (including phenoxy) is 3. The molecule has 2 heterocycles. The van der Waals surface area contributed by atoms with E-state index in [4.69, 9.17) is 19.9 Å². The average Bonchev–Trinajstić information content (AvgIpc) is 3.37. The third-order valence-electron chi connectivity index (χ3n) is 5.50. The average molecular weight is 321 g/mol. The van der Waals surface area contributed by atoms with Gasteiger partial charge >= 0.3 is 0 Å². The molecule has 1 aliphatic carbocycles. The number of carbonyl (C=O) groups is 1. The highest BCUT2D eigenvalue weighted by molar-refractivity contribution is 5.86. The second-order valence-corrected chi connectivity index (χ2v) is 7.42. The molecule has 3 aliphatic rings. The lowest BCUT2D eigenvalue weighted by Gasteiger charge is -2.40. The maximum atomic E-state index is 11.3. The van der Waals surface area contributed by atoms with Crippen LogP contribution in [-0.2, 0) is 19.0 Å². The molecule has 1 amide bonds. The van der Waals surface area contributed by atoms with E-state index >= 15 is 0 Å². The third kappa shape index (κ3) is 2.97. The zero-order valence-corrected chi connectivity index (χ0v) is 14.4. The number of allylic oxidation sites excluding steroid dienone is 1. The first-order valence-electron chi connectivity index (χ1n) is 8.30. The normalized spacial score (nSPS) is 43.5. The Balaban J connectivity index is 1.85. The van der Waals surface area contributed by atoms with Crippen LogP contribution in [0.2, 0.25) is 0 Å². The predicted molar refractivity (Wildman–Crippen MR) is 86.8 cm³/mol. The Kier molecular flexibility index (Phi) is 4.15. The Hall–Kier alpha value is -1.17. The summed E-state index contributed by atoms with van der Waals surface area (Å²) in [5.74, 6) is -0.327. The van der Waals surface area contributed by atoms with E-state index in [1.54, 1.807) is 7.11 Å². The van der Waals surface area contributed by atoms with Gasteiger partial charge in [0.2, 0.25) is 5.91 Å². The summed E-state index contributed by atoms with van der Waals surface area (Å²) in [6.45, 7) is 7.08. The van der Waals surface area contributed by atoms with Crippen molar-refractivity contribution in [2.24, 2.45) is 11.7 Å². The van der Waals surface area contributed by atoms with Crippen molar-refractivity contribution in [1.82, 2.24) is 0 Å². The predicted octanol–water partition coefficient (Wildman–Crippen LogP) is 2.11. The van der Waals surface area contributed by atoms with Crippen LogP contribution in [0.5, 0.6) is 0 Å². The van der Waals surface area contributed by atoms with Gasteiger partial charge in [0.05, 0.1) is 24.7 Å². The summed E-state index contributed by atoms with van der Waals surface area (Å²) in [7, 11) is 1.69. The van der Waals surface area contributed by atoms with Gasteiger partial charge in [-0.25, -0.2) is 0 Å². The lowest BCUT2D eigenvalue weighted by Crippen LogP contribution is -2.50. The number of nitrogens with two attached hydrogens (primary N) is 1. The number of methoxy groups -OCH3 is 1. The van der Waals surface area contributed by atoms with Crippen molar-refractivity contribution < 1.29 is 19.0 Å². The van der Waals surface area contributed by atoms with Gasteiger partial charge in [-0.3, -0.25) is 4.79 Å². The Morgan fingerprint density at radius 2 is 2.17 bits per heavy atom. The fourth-order valence-corrected chi connectivity index (χ4v) is 4.18. The van der Waals surface area contributed by atoms with Crippen LogP contribution >= 0.6 is 0 Å². The van der Waals surface area contributed by atoms with Crippen LogP contribution in [0.1, 0.15) is 40.0 Å². The van der Waals surface area contributed by atoms with Crippen molar-refractivity contribution in [3.05, 3.63) is 23.3 Å². The van der Waals surface area contributed by atoms with Gasteiger partial charge in [0.1, 0.15) is 11.2 Å². The van der Waals surface area contributed by atoms with Crippen LogP contribution < -0.4 is 5.73 Å². The van der Waals surface area contributed by atoms with E-state index in [2.05, 4.69) is 26.8 Å². The smallest absolute Gasteiger partial charge is 0.241 e. The Morgan fingerprint density at radius 1 is 1.48 bits per heavy atom. The van der Waals surface area contributed by atoms with E-state index in [1.807, 2.05) is 0 Å². The van der Waals surface area contributed by atoms with Gasteiger partial charge in [-0.1, -0.05) is 11.6 Å². The molecule has 0 bridgehead atoms. The number of carbonyl (C=O) groups excluding carboxylic acids is 1. The van der Waals surface area contributed by atoms with Gasteiger partial charge in [-0.15, -0.1) is 0 Å². The van der Waals surface area contributed by atoms with Crippen molar-refractivity contribution in [2.75, 3.05) is 13.7 Å². The molecule has 0 aromatic rings. The van der Waals surface area contributed by atoms with Gasteiger partial charge < -0.3 is 19.9 Å². The first-order chi connectivity index (χ1) is 10.8. The molecule has 0 aromatic carbocycles. The molecule has 2 aliphatic heterocycles. The minimum atomic E-state index is -0.420. The number of primary amides is 1. The maximum Gasteiger partial charge on any atom is 0.241 e. The molecule has 3 fully saturated rings. The minimum absolute atomic E-state index is 0.0925. The molecular formula is C18H27NO4. The summed E-state index contributed by atoms with van der Waals surface area (Å²) in [5.41, 5.74) is 7.18. The molecule has 5 nitrogen and oxygen atoms in total. The van der Waals surface area contributed by atoms with Crippen LogP contribution in [0.15, 0.2) is 23.3 Å². The first-order valence-corrected chi connectivity index (χ1v) is 8.30. The number of rotatable bonds is 5. The zero-order valence-electron chi connectivity index (χ0n) is 14.4. The van der Waals surface area contributed by atoms with E-state index in [0.717, 1.165) is 31.4 Å². The summed E-state index contributed by atoms with van der Waals surface area (Å²) in [6.07, 6.45) is 6.30. The van der Waals surface area contributed by atoms with Crippen molar-refractivity contribution in [3.63, 3.8) is 0 Å². The van der Waals surface area contributed by atoms with Crippen molar-refractivity contribution >= 4 is 5.91 Å². The second-order valence-electron chi connectivity index (χ2n) is 7.42. The van der Waals surface area contributed by atoms with Gasteiger partial charge in [-0.05, 0) is 45.6 Å². The highest BCUT2D eigenvalue weighted by atomic mass is 16.6. The summed E-state index contributed by atoms with van der Waals surface area (Å²) in [4.78, 5) is 11.3. The van der Waals surface area contributed by atoms with Crippen molar-refractivity contribution in [2.45, 2.75) is 63.4 Å². The Morgan fingerprint density at radius 3 is 2.70 bits per heavy atom. The van der Waals surface area contributed by atoms with Crippen molar-refractivity contribution in [3.8, 4) is 0 Å². The maximum absolute atomic E-state index is 11.3. The highest BCUT2D eigenvalue weighted by Crippen LogP contribution is 2.60. The van der Waals surface area contributed by atoms with E-state index in [1.165, 1.54) is 11.6 Å². The molecule has 0 radical (unpaired) electrons. The van der Waals surface area contributed by atoms with Crippen molar-refractivity contribution in [1.29, 1.82) is 0 Å². The van der Waals surface area contributed by atoms with Crippen LogP contribution in [0.3, 0.4) is 0 Å². The highest BCUT2D eigenvalue weighted by Gasteiger charge is 2.71. The van der Waals surface area contributed by atoms with Crippen LogP contribution in [0.25, 0.3) is 0 Å². The molecule has 128 valence electrons. The molecule has 1 spiro atoms. The molecule has 0 unspecified atom stereocenters. The minimum Gasteiger partial charge on any atom is -0.377 e. The van der Waals surface area contributed by atoms with E-state index in [9.17, 15) is 4.79 Å². The number of hydrogen-bond acceptors (Lipinski definition) is 4. The lowest BCUT2D eigenvalue weighted by molar-refractivity contribution is -0.113.